The molecule has 0 aromatic rings. The smallest absolute Gasteiger partial charge is 0.317 e. The number of aliphatic carboxylic acids is 1. The molecule has 0 aromatic carbocycles. The van der Waals surface area contributed by atoms with E-state index in [0.717, 1.165) is 25.7 Å². The summed E-state index contributed by atoms with van der Waals surface area (Å²) in [6.07, 6.45) is 5.26. The van der Waals surface area contributed by atoms with Crippen LogP contribution >= 0.6 is 0 Å². The van der Waals surface area contributed by atoms with Crippen LogP contribution in [-0.2, 0) is 9.53 Å². The van der Waals surface area contributed by atoms with Crippen molar-refractivity contribution in [1.82, 2.24) is 10.2 Å². The molecule has 6 heteroatoms. The van der Waals surface area contributed by atoms with Gasteiger partial charge in [-0.15, -0.1) is 6.58 Å². The van der Waals surface area contributed by atoms with Crippen LogP contribution in [0.15, 0.2) is 12.7 Å². The summed E-state index contributed by atoms with van der Waals surface area (Å²) >= 11 is 0. The summed E-state index contributed by atoms with van der Waals surface area (Å²) in [6, 6.07) is -0.383. The number of carbonyl (C=O) groups excluding carboxylic acids is 1. The van der Waals surface area contributed by atoms with Crippen LogP contribution in [0, 0.1) is 0 Å². The number of hydrogen-bond donors (Lipinski definition) is 2. The first-order valence-corrected chi connectivity index (χ1v) is 7.10. The lowest BCUT2D eigenvalue weighted by atomic mass is 10.00. The van der Waals surface area contributed by atoms with Crippen LogP contribution in [0.3, 0.4) is 0 Å². The number of piperidine rings is 1. The fraction of sp³-hybridized carbons (Fsp3) is 0.714. The summed E-state index contributed by atoms with van der Waals surface area (Å²) in [6.45, 7) is 5.72. The summed E-state index contributed by atoms with van der Waals surface area (Å²) in [5.74, 6) is -0.859. The number of likely N-dealkylation sites (tertiary alicyclic amines) is 1. The van der Waals surface area contributed by atoms with Crippen molar-refractivity contribution < 1.29 is 19.4 Å². The second-order valence-electron chi connectivity index (χ2n) is 4.86. The van der Waals surface area contributed by atoms with Gasteiger partial charge in [-0.25, -0.2) is 4.79 Å². The number of urea groups is 1. The monoisotopic (exact) mass is 284 g/mol. The minimum Gasteiger partial charge on any atom is -0.481 e. The highest BCUT2D eigenvalue weighted by Crippen LogP contribution is 2.19. The second-order valence-corrected chi connectivity index (χ2v) is 4.86. The van der Waals surface area contributed by atoms with E-state index in [1.54, 1.807) is 11.0 Å². The summed E-state index contributed by atoms with van der Waals surface area (Å²) in [5, 5.41) is 11.7. The number of rotatable bonds is 8. The van der Waals surface area contributed by atoms with Crippen molar-refractivity contribution in [3.8, 4) is 0 Å². The second kappa shape index (κ2) is 9.36. The maximum Gasteiger partial charge on any atom is 0.317 e. The van der Waals surface area contributed by atoms with Gasteiger partial charge in [0.2, 0.25) is 0 Å². The largest absolute Gasteiger partial charge is 0.481 e. The van der Waals surface area contributed by atoms with Crippen LogP contribution in [0.1, 0.15) is 32.1 Å². The lowest BCUT2D eigenvalue weighted by Crippen LogP contribution is -2.49. The Hall–Kier alpha value is -1.56. The van der Waals surface area contributed by atoms with Gasteiger partial charge in [0.05, 0.1) is 19.6 Å². The molecule has 20 heavy (non-hydrogen) atoms. The Bertz CT molecular complexity index is 333. The molecule has 1 unspecified atom stereocenters. The topological polar surface area (TPSA) is 78.9 Å². The predicted octanol–water partition coefficient (Wildman–Crippen LogP) is 1.62. The van der Waals surface area contributed by atoms with Gasteiger partial charge in [0.25, 0.3) is 0 Å². The zero-order chi connectivity index (χ0) is 14.8. The van der Waals surface area contributed by atoms with Gasteiger partial charge in [-0.3, -0.25) is 4.79 Å². The van der Waals surface area contributed by atoms with E-state index in [9.17, 15) is 9.59 Å². The van der Waals surface area contributed by atoms with E-state index in [1.807, 2.05) is 0 Å². The number of hydrogen-bond acceptors (Lipinski definition) is 3. The number of ether oxygens (including phenoxy) is 1. The molecule has 1 aliphatic heterocycles. The van der Waals surface area contributed by atoms with Crippen molar-refractivity contribution in [2.24, 2.45) is 0 Å². The Morgan fingerprint density at radius 1 is 1.40 bits per heavy atom. The molecule has 1 saturated heterocycles. The third-order valence-electron chi connectivity index (χ3n) is 3.29. The van der Waals surface area contributed by atoms with Crippen LogP contribution in [0.5, 0.6) is 0 Å². The van der Waals surface area contributed by atoms with E-state index >= 15 is 0 Å². The zero-order valence-electron chi connectivity index (χ0n) is 11.8. The van der Waals surface area contributed by atoms with Crippen molar-refractivity contribution in [2.75, 3.05) is 26.3 Å². The molecule has 1 rings (SSSR count). The van der Waals surface area contributed by atoms with Crippen LogP contribution in [0.2, 0.25) is 0 Å². The molecule has 0 bridgehead atoms. The number of carbonyl (C=O) groups is 2. The number of carboxylic acids is 1. The van der Waals surface area contributed by atoms with E-state index in [2.05, 4.69) is 11.9 Å². The van der Waals surface area contributed by atoms with E-state index < -0.39 is 5.97 Å². The summed E-state index contributed by atoms with van der Waals surface area (Å²) in [7, 11) is 0. The van der Waals surface area contributed by atoms with Crippen LogP contribution < -0.4 is 5.32 Å². The lowest BCUT2D eigenvalue weighted by Gasteiger charge is -2.34. The molecule has 0 aliphatic carbocycles. The molecule has 0 spiro atoms. The highest BCUT2D eigenvalue weighted by Gasteiger charge is 2.28. The molecule has 1 aliphatic rings. The minimum atomic E-state index is -0.859. The molecule has 0 aromatic heterocycles. The highest BCUT2D eigenvalue weighted by molar-refractivity contribution is 5.76. The van der Waals surface area contributed by atoms with Gasteiger partial charge in [0.15, 0.2) is 0 Å². The number of amides is 2. The van der Waals surface area contributed by atoms with Crippen molar-refractivity contribution in [3.63, 3.8) is 0 Å². The Balaban J connectivity index is 2.28. The van der Waals surface area contributed by atoms with E-state index in [-0.39, 0.29) is 18.5 Å². The quantitative estimate of drug-likeness (QED) is 0.524. The maximum absolute atomic E-state index is 12.0. The normalized spacial score (nSPS) is 18.6. The van der Waals surface area contributed by atoms with Gasteiger partial charge in [-0.2, -0.15) is 0 Å². The maximum atomic E-state index is 12.0. The fourth-order valence-corrected chi connectivity index (χ4v) is 2.28. The third kappa shape index (κ3) is 6.06. The Kier molecular flexibility index (Phi) is 7.72. The van der Waals surface area contributed by atoms with E-state index in [0.29, 0.717) is 26.3 Å². The summed E-state index contributed by atoms with van der Waals surface area (Å²) in [5.41, 5.74) is 0. The van der Waals surface area contributed by atoms with Crippen molar-refractivity contribution in [2.45, 2.75) is 38.1 Å². The minimum absolute atomic E-state index is 0.0171. The first kappa shape index (κ1) is 16.5. The molecule has 6 nitrogen and oxygen atoms in total. The summed E-state index contributed by atoms with van der Waals surface area (Å²) in [4.78, 5) is 24.5. The third-order valence-corrected chi connectivity index (χ3v) is 3.29. The molecule has 2 amide bonds. The van der Waals surface area contributed by atoms with Gasteiger partial charge < -0.3 is 20.1 Å². The Morgan fingerprint density at radius 2 is 2.20 bits per heavy atom. The van der Waals surface area contributed by atoms with E-state index in [1.165, 1.54) is 0 Å². The SMILES string of the molecule is C=CCCOCCNC(=O)N1CCCCC1CC(=O)O. The van der Waals surface area contributed by atoms with Crippen molar-refractivity contribution >= 4 is 12.0 Å². The van der Waals surface area contributed by atoms with Gasteiger partial charge in [-0.1, -0.05) is 6.08 Å². The zero-order valence-corrected chi connectivity index (χ0v) is 11.8. The van der Waals surface area contributed by atoms with Crippen LogP contribution in [0.25, 0.3) is 0 Å². The Morgan fingerprint density at radius 3 is 2.90 bits per heavy atom. The molecule has 1 fully saturated rings. The van der Waals surface area contributed by atoms with Crippen molar-refractivity contribution in [3.05, 3.63) is 12.7 Å². The number of carboxylic acid groups (broad SMARTS) is 1. The lowest BCUT2D eigenvalue weighted by molar-refractivity contribution is -0.138. The number of nitrogens with one attached hydrogen (secondary N) is 1. The molecule has 0 saturated carbocycles. The van der Waals surface area contributed by atoms with Gasteiger partial charge in [0.1, 0.15) is 0 Å². The standard InChI is InChI=1S/C14H24N2O4/c1-2-3-9-20-10-7-15-14(19)16-8-5-4-6-12(16)11-13(17)18/h2,12H,1,3-11H2,(H,15,19)(H,17,18). The van der Waals surface area contributed by atoms with E-state index in [4.69, 9.17) is 9.84 Å². The van der Waals surface area contributed by atoms with Gasteiger partial charge >= 0.3 is 12.0 Å². The predicted molar refractivity (Wildman–Crippen MR) is 75.6 cm³/mol. The molecular formula is C14H24N2O4. The fourth-order valence-electron chi connectivity index (χ4n) is 2.28. The van der Waals surface area contributed by atoms with Crippen molar-refractivity contribution in [1.29, 1.82) is 0 Å². The average Bonchev–Trinajstić information content (AvgIpc) is 2.42. The average molecular weight is 284 g/mol. The molecular weight excluding hydrogens is 260 g/mol. The molecule has 1 heterocycles. The number of nitrogens with zero attached hydrogens (tertiary/aromatic N) is 1. The molecule has 0 radical (unpaired) electrons. The first-order chi connectivity index (χ1) is 9.65. The summed E-state index contributed by atoms with van der Waals surface area (Å²) < 4.78 is 5.30. The Labute approximate surface area is 119 Å². The molecule has 2 N–H and O–H groups in total. The van der Waals surface area contributed by atoms with Gasteiger partial charge in [0, 0.05) is 19.1 Å². The van der Waals surface area contributed by atoms with Crippen LogP contribution in [-0.4, -0.2) is 54.4 Å². The first-order valence-electron chi connectivity index (χ1n) is 7.10. The van der Waals surface area contributed by atoms with Gasteiger partial charge in [-0.05, 0) is 25.7 Å². The highest BCUT2D eigenvalue weighted by atomic mass is 16.5. The van der Waals surface area contributed by atoms with Crippen LogP contribution in [0.4, 0.5) is 4.79 Å². The molecule has 114 valence electrons. The molecule has 1 atom stereocenters.